The second-order valence-electron chi connectivity index (χ2n) is 5.13. The van der Waals surface area contributed by atoms with Gasteiger partial charge in [-0.15, -0.1) is 0 Å². The predicted octanol–water partition coefficient (Wildman–Crippen LogP) is 3.42. The van der Waals surface area contributed by atoms with Crippen molar-refractivity contribution in [3.05, 3.63) is 0 Å². The van der Waals surface area contributed by atoms with Gasteiger partial charge in [0.05, 0.1) is 13.2 Å². The van der Waals surface area contributed by atoms with Crippen LogP contribution in [0.4, 0.5) is 0 Å². The molecule has 0 radical (unpaired) electrons. The molecular formula is C14H31NO. The smallest absolute Gasteiger partial charge is 0.0510 e. The summed E-state index contributed by atoms with van der Waals surface area (Å²) in [5, 5.41) is 0. The summed E-state index contributed by atoms with van der Waals surface area (Å²) in [6.07, 6.45) is 0. The van der Waals surface area contributed by atoms with E-state index in [0.29, 0.717) is 5.54 Å². The van der Waals surface area contributed by atoms with Gasteiger partial charge in [0.15, 0.2) is 0 Å². The van der Waals surface area contributed by atoms with E-state index in [4.69, 9.17) is 4.74 Å². The molecule has 2 aliphatic rings. The van der Waals surface area contributed by atoms with Gasteiger partial charge in [-0.3, -0.25) is 4.90 Å². The number of hydrogen-bond donors (Lipinski definition) is 0. The third-order valence-corrected chi connectivity index (χ3v) is 3.19. The summed E-state index contributed by atoms with van der Waals surface area (Å²) in [7, 11) is 0. The largest absolute Gasteiger partial charge is 0.381 e. The molecule has 98 valence electrons. The van der Waals surface area contributed by atoms with Gasteiger partial charge in [-0.1, -0.05) is 27.7 Å². The number of likely N-dealkylation sites (tertiary alicyclic amines) is 1. The van der Waals surface area contributed by atoms with E-state index in [0.717, 1.165) is 25.0 Å². The highest BCUT2D eigenvalue weighted by atomic mass is 16.5. The summed E-state index contributed by atoms with van der Waals surface area (Å²) in [6.45, 7) is 19.4. The van der Waals surface area contributed by atoms with Gasteiger partial charge in [0, 0.05) is 30.5 Å². The van der Waals surface area contributed by atoms with E-state index in [9.17, 15) is 0 Å². The maximum atomic E-state index is 5.45. The van der Waals surface area contributed by atoms with E-state index in [2.05, 4.69) is 25.7 Å². The first-order chi connectivity index (χ1) is 7.57. The Balaban J connectivity index is 0.000000509. The van der Waals surface area contributed by atoms with E-state index in [-0.39, 0.29) is 0 Å². The molecule has 2 heterocycles. The fraction of sp³-hybridized carbons (Fsp3) is 1.00. The molecule has 16 heavy (non-hydrogen) atoms. The average Bonchev–Trinajstić information content (AvgIpc) is 2.82. The van der Waals surface area contributed by atoms with Crippen LogP contribution in [-0.2, 0) is 4.74 Å². The highest BCUT2D eigenvalue weighted by Gasteiger charge is 2.40. The first-order valence-electron chi connectivity index (χ1n) is 6.90. The quantitative estimate of drug-likeness (QED) is 0.631. The van der Waals surface area contributed by atoms with Crippen LogP contribution in [0, 0.1) is 11.8 Å². The van der Waals surface area contributed by atoms with Gasteiger partial charge in [-0.2, -0.15) is 0 Å². The minimum Gasteiger partial charge on any atom is -0.381 e. The topological polar surface area (TPSA) is 12.5 Å². The number of ether oxygens (including phenoxy) is 1. The van der Waals surface area contributed by atoms with Crippen molar-refractivity contribution in [2.45, 2.75) is 54.0 Å². The zero-order valence-corrected chi connectivity index (χ0v) is 12.3. The van der Waals surface area contributed by atoms with Crippen LogP contribution in [0.3, 0.4) is 0 Å². The van der Waals surface area contributed by atoms with Gasteiger partial charge in [0.2, 0.25) is 0 Å². The summed E-state index contributed by atoms with van der Waals surface area (Å²) < 4.78 is 5.45. The Labute approximate surface area is 102 Å². The fourth-order valence-electron chi connectivity index (χ4n) is 2.23. The van der Waals surface area contributed by atoms with Crippen LogP contribution < -0.4 is 0 Å². The second-order valence-corrected chi connectivity index (χ2v) is 5.13. The molecule has 0 N–H and O–H groups in total. The summed E-state index contributed by atoms with van der Waals surface area (Å²) >= 11 is 0. The molecule has 0 aromatic heterocycles. The van der Waals surface area contributed by atoms with Crippen LogP contribution in [-0.4, -0.2) is 36.7 Å². The van der Waals surface area contributed by atoms with Crippen molar-refractivity contribution in [3.8, 4) is 0 Å². The molecule has 2 aliphatic heterocycles. The van der Waals surface area contributed by atoms with Gasteiger partial charge < -0.3 is 4.74 Å². The van der Waals surface area contributed by atoms with E-state index in [1.165, 1.54) is 13.1 Å². The molecule has 2 unspecified atom stereocenters. The molecule has 2 fully saturated rings. The lowest BCUT2D eigenvalue weighted by Gasteiger charge is -2.32. The molecule has 2 heteroatoms. The van der Waals surface area contributed by atoms with E-state index in [1.54, 1.807) is 0 Å². The van der Waals surface area contributed by atoms with Crippen LogP contribution in [0.5, 0.6) is 0 Å². The second kappa shape index (κ2) is 7.29. The lowest BCUT2D eigenvalue weighted by molar-refractivity contribution is 0.114. The maximum absolute atomic E-state index is 5.45. The Morgan fingerprint density at radius 1 is 0.875 bits per heavy atom. The average molecular weight is 229 g/mol. The van der Waals surface area contributed by atoms with Crippen molar-refractivity contribution in [2.75, 3.05) is 26.3 Å². The molecule has 0 spiro atoms. The molecule has 0 amide bonds. The molecule has 0 aromatic rings. The Kier molecular flexibility index (Phi) is 7.25. The Morgan fingerprint density at radius 3 is 1.56 bits per heavy atom. The monoisotopic (exact) mass is 229 g/mol. The maximum Gasteiger partial charge on any atom is 0.0510 e. The van der Waals surface area contributed by atoms with Crippen LogP contribution in [0.1, 0.15) is 48.5 Å². The molecule has 0 aliphatic carbocycles. The van der Waals surface area contributed by atoms with Gasteiger partial charge in [0.25, 0.3) is 0 Å². The Hall–Kier alpha value is -0.0800. The predicted molar refractivity (Wildman–Crippen MR) is 71.8 cm³/mol. The molecule has 0 aromatic carbocycles. The van der Waals surface area contributed by atoms with Crippen molar-refractivity contribution in [3.63, 3.8) is 0 Å². The minimum absolute atomic E-state index is 0.352. The molecule has 2 nitrogen and oxygen atoms in total. The lowest BCUT2D eigenvalue weighted by Crippen LogP contribution is -2.40. The SMILES string of the molecule is CC.CC.CC(C)(C)N1CC2COCC2C1. The van der Waals surface area contributed by atoms with E-state index >= 15 is 0 Å². The standard InChI is InChI=1S/C10H19NO.2C2H6/c1-10(2,3)11-4-8-6-12-7-9(8)5-11;2*1-2/h8-9H,4-7H2,1-3H3;2*1-2H3. The molecular weight excluding hydrogens is 198 g/mol. The van der Waals surface area contributed by atoms with Crippen molar-refractivity contribution in [2.24, 2.45) is 11.8 Å². The van der Waals surface area contributed by atoms with Gasteiger partial charge in [-0.25, -0.2) is 0 Å². The Morgan fingerprint density at radius 2 is 1.25 bits per heavy atom. The number of rotatable bonds is 0. The minimum atomic E-state index is 0.352. The molecule has 0 bridgehead atoms. The zero-order chi connectivity index (χ0) is 12.8. The zero-order valence-electron chi connectivity index (χ0n) is 12.3. The van der Waals surface area contributed by atoms with Crippen molar-refractivity contribution < 1.29 is 4.74 Å². The molecule has 0 saturated carbocycles. The van der Waals surface area contributed by atoms with Gasteiger partial charge >= 0.3 is 0 Å². The fourth-order valence-corrected chi connectivity index (χ4v) is 2.23. The van der Waals surface area contributed by atoms with Gasteiger partial charge in [-0.05, 0) is 20.8 Å². The molecule has 2 saturated heterocycles. The highest BCUT2D eigenvalue weighted by Crippen LogP contribution is 2.32. The third-order valence-electron chi connectivity index (χ3n) is 3.19. The molecule has 2 rings (SSSR count). The number of nitrogens with zero attached hydrogens (tertiary/aromatic N) is 1. The van der Waals surface area contributed by atoms with Crippen molar-refractivity contribution >= 4 is 0 Å². The van der Waals surface area contributed by atoms with E-state index in [1.807, 2.05) is 27.7 Å². The van der Waals surface area contributed by atoms with Crippen LogP contribution in [0.15, 0.2) is 0 Å². The number of fused-ring (bicyclic) bond motifs is 1. The third kappa shape index (κ3) is 4.06. The first kappa shape index (κ1) is 15.9. The normalized spacial score (nSPS) is 28.7. The number of hydrogen-bond acceptors (Lipinski definition) is 2. The van der Waals surface area contributed by atoms with Crippen LogP contribution in [0.25, 0.3) is 0 Å². The summed E-state index contributed by atoms with van der Waals surface area (Å²) in [5.41, 5.74) is 0.352. The van der Waals surface area contributed by atoms with Crippen molar-refractivity contribution in [1.29, 1.82) is 0 Å². The van der Waals surface area contributed by atoms with Gasteiger partial charge in [0.1, 0.15) is 0 Å². The lowest BCUT2D eigenvalue weighted by atomic mass is 10.0. The highest BCUT2D eigenvalue weighted by molar-refractivity contribution is 4.92. The van der Waals surface area contributed by atoms with Crippen LogP contribution >= 0.6 is 0 Å². The summed E-state index contributed by atoms with van der Waals surface area (Å²) in [4.78, 5) is 2.59. The van der Waals surface area contributed by atoms with Crippen LogP contribution in [0.2, 0.25) is 0 Å². The summed E-state index contributed by atoms with van der Waals surface area (Å²) in [6, 6.07) is 0. The molecule has 2 atom stereocenters. The van der Waals surface area contributed by atoms with E-state index < -0.39 is 0 Å². The summed E-state index contributed by atoms with van der Waals surface area (Å²) in [5.74, 6) is 1.65. The van der Waals surface area contributed by atoms with Crippen molar-refractivity contribution in [1.82, 2.24) is 4.90 Å². The Bertz CT molecular complexity index is 162. The first-order valence-corrected chi connectivity index (χ1v) is 6.90.